The molecule has 0 atom stereocenters. The van der Waals surface area contributed by atoms with Gasteiger partial charge in [0.25, 0.3) is 0 Å². The molecule has 0 heterocycles. The Morgan fingerprint density at radius 2 is 1.54 bits per heavy atom. The van der Waals surface area contributed by atoms with Crippen molar-refractivity contribution in [2.24, 2.45) is 0 Å². The van der Waals surface area contributed by atoms with Crippen LogP contribution in [0.3, 0.4) is 0 Å². The van der Waals surface area contributed by atoms with Gasteiger partial charge in [0, 0.05) is 6.07 Å². The van der Waals surface area contributed by atoms with Crippen molar-refractivity contribution in [2.45, 2.75) is 0 Å². The first-order valence-electron chi connectivity index (χ1n) is 3.08. The van der Waals surface area contributed by atoms with Crippen molar-refractivity contribution in [3.05, 3.63) is 20.6 Å². The maximum absolute atomic E-state index is 10.7. The summed E-state index contributed by atoms with van der Waals surface area (Å²) >= 11 is 5.79. The minimum atomic E-state index is -1.25. The number of aromatic carboxylic acids is 1. The minimum absolute atomic E-state index is 0.0321. The molecule has 0 amide bonds. The number of hydrogen-bond donors (Lipinski definition) is 3. The lowest BCUT2D eigenvalue weighted by molar-refractivity contribution is 0.0693. The van der Waals surface area contributed by atoms with Crippen molar-refractivity contribution in [1.82, 2.24) is 0 Å². The van der Waals surface area contributed by atoms with Gasteiger partial charge in [-0.05, 0) is 31.9 Å². The van der Waals surface area contributed by atoms with E-state index < -0.39 is 5.97 Å². The summed E-state index contributed by atoms with van der Waals surface area (Å²) in [4.78, 5) is 10.7. The fourth-order valence-corrected chi connectivity index (χ4v) is 2.03. The second-order valence-electron chi connectivity index (χ2n) is 2.22. The molecule has 0 aliphatic heterocycles. The number of carboxylic acid groups (broad SMARTS) is 1. The van der Waals surface area contributed by atoms with Crippen LogP contribution >= 0.6 is 31.9 Å². The molecule has 0 bridgehead atoms. The summed E-state index contributed by atoms with van der Waals surface area (Å²) in [6, 6.07) is 1.04. The summed E-state index contributed by atoms with van der Waals surface area (Å²) in [5.74, 6) is -1.89. The van der Waals surface area contributed by atoms with Gasteiger partial charge >= 0.3 is 5.97 Å². The van der Waals surface area contributed by atoms with Crippen LogP contribution in [-0.2, 0) is 0 Å². The Balaban J connectivity index is 3.56. The van der Waals surface area contributed by atoms with Crippen LogP contribution in [0.2, 0.25) is 0 Å². The fraction of sp³-hybridized carbons (Fsp3) is 0. The molecule has 6 heteroatoms. The van der Waals surface area contributed by atoms with Gasteiger partial charge in [-0.25, -0.2) is 4.79 Å². The van der Waals surface area contributed by atoms with Crippen molar-refractivity contribution >= 4 is 37.8 Å². The molecule has 4 nitrogen and oxygen atoms in total. The number of benzene rings is 1. The first-order chi connectivity index (χ1) is 5.95. The molecule has 1 rings (SSSR count). The van der Waals surface area contributed by atoms with Gasteiger partial charge in [0.2, 0.25) is 0 Å². The van der Waals surface area contributed by atoms with E-state index in [1.807, 2.05) is 0 Å². The minimum Gasteiger partial charge on any atom is -0.507 e. The summed E-state index contributed by atoms with van der Waals surface area (Å²) in [5, 5.41) is 27.0. The topological polar surface area (TPSA) is 77.8 Å². The molecule has 0 fully saturated rings. The molecule has 0 aliphatic carbocycles. The molecule has 13 heavy (non-hydrogen) atoms. The predicted octanol–water partition coefficient (Wildman–Crippen LogP) is 2.32. The second kappa shape index (κ2) is 3.55. The Hall–Kier alpha value is -0.750. The molecule has 0 saturated heterocycles. The number of rotatable bonds is 1. The van der Waals surface area contributed by atoms with E-state index in [4.69, 9.17) is 15.3 Å². The van der Waals surface area contributed by atoms with Crippen molar-refractivity contribution in [3.8, 4) is 11.5 Å². The van der Waals surface area contributed by atoms with Crippen LogP contribution in [0.1, 0.15) is 10.4 Å². The van der Waals surface area contributed by atoms with E-state index in [9.17, 15) is 4.79 Å². The number of halogens is 2. The van der Waals surface area contributed by atoms with Crippen molar-refractivity contribution in [1.29, 1.82) is 0 Å². The standard InChI is InChI=1S/C7H4Br2O4/c8-5-2(10)1-3(11)6(9)4(5)7(12)13/h1,10-11H,(H,12,13). The summed E-state index contributed by atoms with van der Waals surface area (Å²) < 4.78 is 0.0642. The van der Waals surface area contributed by atoms with Crippen molar-refractivity contribution in [3.63, 3.8) is 0 Å². The van der Waals surface area contributed by atoms with E-state index in [-0.39, 0.29) is 26.0 Å². The van der Waals surface area contributed by atoms with Gasteiger partial charge in [-0.1, -0.05) is 0 Å². The normalized spacial score (nSPS) is 10.0. The average Bonchev–Trinajstić information content (AvgIpc) is 2.01. The number of hydrogen-bond acceptors (Lipinski definition) is 3. The molecule has 3 N–H and O–H groups in total. The van der Waals surface area contributed by atoms with E-state index in [1.54, 1.807) is 0 Å². The summed E-state index contributed by atoms with van der Waals surface area (Å²) in [6.45, 7) is 0. The van der Waals surface area contributed by atoms with Crippen LogP contribution in [0.5, 0.6) is 11.5 Å². The van der Waals surface area contributed by atoms with Crippen LogP contribution in [0.15, 0.2) is 15.0 Å². The Morgan fingerprint density at radius 1 is 1.15 bits per heavy atom. The maximum atomic E-state index is 10.7. The van der Waals surface area contributed by atoms with Crippen LogP contribution in [0.25, 0.3) is 0 Å². The Bertz CT molecular complexity index is 349. The molecule has 1 aromatic carbocycles. The summed E-state index contributed by atoms with van der Waals surface area (Å²) in [7, 11) is 0. The van der Waals surface area contributed by atoms with Gasteiger partial charge in [-0.2, -0.15) is 0 Å². The van der Waals surface area contributed by atoms with Gasteiger partial charge < -0.3 is 15.3 Å². The van der Waals surface area contributed by atoms with Crippen molar-refractivity contribution < 1.29 is 20.1 Å². The molecular formula is C7H4Br2O4. The van der Waals surface area contributed by atoms with Crippen LogP contribution < -0.4 is 0 Å². The maximum Gasteiger partial charge on any atom is 0.338 e. The Morgan fingerprint density at radius 3 is 1.85 bits per heavy atom. The highest BCUT2D eigenvalue weighted by atomic mass is 79.9. The Kier molecular flexibility index (Phi) is 2.82. The SMILES string of the molecule is O=C(O)c1c(Br)c(O)cc(O)c1Br. The largest absolute Gasteiger partial charge is 0.507 e. The number of phenols is 2. The zero-order valence-electron chi connectivity index (χ0n) is 6.08. The zero-order chi connectivity index (χ0) is 10.2. The smallest absolute Gasteiger partial charge is 0.338 e. The Labute approximate surface area is 90.1 Å². The lowest BCUT2D eigenvalue weighted by Crippen LogP contribution is -1.99. The molecule has 0 aromatic heterocycles. The number of aromatic hydroxyl groups is 2. The second-order valence-corrected chi connectivity index (χ2v) is 3.81. The van der Waals surface area contributed by atoms with E-state index >= 15 is 0 Å². The van der Waals surface area contributed by atoms with Gasteiger partial charge in [0.1, 0.15) is 11.5 Å². The fourth-order valence-electron chi connectivity index (χ4n) is 0.796. The van der Waals surface area contributed by atoms with Crippen LogP contribution in [0, 0.1) is 0 Å². The van der Waals surface area contributed by atoms with Gasteiger partial charge in [0.05, 0.1) is 14.5 Å². The van der Waals surface area contributed by atoms with Crippen LogP contribution in [0.4, 0.5) is 0 Å². The quantitative estimate of drug-likeness (QED) is 0.744. The highest BCUT2D eigenvalue weighted by Crippen LogP contribution is 2.39. The molecule has 0 aliphatic rings. The highest BCUT2D eigenvalue weighted by Gasteiger charge is 2.19. The van der Waals surface area contributed by atoms with Gasteiger partial charge in [-0.3, -0.25) is 0 Å². The molecule has 0 spiro atoms. The first kappa shape index (κ1) is 10.3. The zero-order valence-corrected chi connectivity index (χ0v) is 9.26. The van der Waals surface area contributed by atoms with Gasteiger partial charge in [0.15, 0.2) is 0 Å². The van der Waals surface area contributed by atoms with Crippen LogP contribution in [-0.4, -0.2) is 21.3 Å². The molecule has 0 unspecified atom stereocenters. The van der Waals surface area contributed by atoms with E-state index in [0.717, 1.165) is 6.07 Å². The predicted molar refractivity (Wildman–Crippen MR) is 52.1 cm³/mol. The third-order valence-corrected chi connectivity index (χ3v) is 2.98. The third-order valence-electron chi connectivity index (χ3n) is 1.38. The lowest BCUT2D eigenvalue weighted by Gasteiger charge is -2.06. The first-order valence-corrected chi connectivity index (χ1v) is 4.67. The summed E-state index contributed by atoms with van der Waals surface area (Å²) in [6.07, 6.45) is 0. The number of carbonyl (C=O) groups is 1. The highest BCUT2D eigenvalue weighted by molar-refractivity contribution is 9.11. The van der Waals surface area contributed by atoms with E-state index in [0.29, 0.717) is 0 Å². The third kappa shape index (κ3) is 1.78. The molecule has 0 radical (unpaired) electrons. The van der Waals surface area contributed by atoms with E-state index in [2.05, 4.69) is 31.9 Å². The van der Waals surface area contributed by atoms with E-state index in [1.165, 1.54) is 0 Å². The summed E-state index contributed by atoms with van der Waals surface area (Å²) in [5.41, 5.74) is -0.211. The molecule has 0 saturated carbocycles. The molecule has 70 valence electrons. The molecule has 1 aromatic rings. The monoisotopic (exact) mass is 310 g/mol. The van der Waals surface area contributed by atoms with Crippen molar-refractivity contribution in [2.75, 3.05) is 0 Å². The average molecular weight is 312 g/mol. The lowest BCUT2D eigenvalue weighted by atomic mass is 10.2. The number of phenolic OH excluding ortho intramolecular Hbond substituents is 2. The van der Waals surface area contributed by atoms with Gasteiger partial charge in [-0.15, -0.1) is 0 Å². The number of carboxylic acids is 1. The molecular weight excluding hydrogens is 308 g/mol.